The molecule has 29 heavy (non-hydrogen) atoms. The fourth-order valence-corrected chi connectivity index (χ4v) is 3.86. The quantitative estimate of drug-likeness (QED) is 0.688. The molecule has 0 amide bonds. The summed E-state index contributed by atoms with van der Waals surface area (Å²) in [5, 5.41) is 8.45. The van der Waals surface area contributed by atoms with Crippen LogP contribution in [-0.2, 0) is 23.0 Å². The van der Waals surface area contributed by atoms with Crippen molar-refractivity contribution in [1.29, 1.82) is 0 Å². The van der Waals surface area contributed by atoms with Crippen LogP contribution < -0.4 is 10.3 Å². The number of pyridine rings is 1. The van der Waals surface area contributed by atoms with E-state index >= 15 is 0 Å². The van der Waals surface area contributed by atoms with Crippen molar-refractivity contribution in [2.45, 2.75) is 19.4 Å². The number of hydrogen-bond donors (Lipinski definition) is 1. The van der Waals surface area contributed by atoms with Crippen molar-refractivity contribution in [3.63, 3.8) is 0 Å². The maximum atomic E-state index is 12.9. The van der Waals surface area contributed by atoms with Gasteiger partial charge in [-0.1, -0.05) is 23.8 Å². The summed E-state index contributed by atoms with van der Waals surface area (Å²) in [5.41, 5.74) is 4.40. The second kappa shape index (κ2) is 8.59. The van der Waals surface area contributed by atoms with Gasteiger partial charge in [-0.3, -0.25) is 4.79 Å². The summed E-state index contributed by atoms with van der Waals surface area (Å²) in [6.07, 6.45) is 0.756. The van der Waals surface area contributed by atoms with E-state index in [-0.39, 0.29) is 5.56 Å². The van der Waals surface area contributed by atoms with E-state index in [1.165, 1.54) is 11.7 Å². The monoisotopic (exact) mass is 395 g/mol. The summed E-state index contributed by atoms with van der Waals surface area (Å²) < 4.78 is 12.6. The predicted molar refractivity (Wildman–Crippen MR) is 113 cm³/mol. The van der Waals surface area contributed by atoms with Gasteiger partial charge in [-0.15, -0.1) is 0 Å². The molecule has 0 radical (unpaired) electrons. The van der Waals surface area contributed by atoms with Gasteiger partial charge < -0.3 is 23.9 Å². The Labute approximate surface area is 169 Å². The van der Waals surface area contributed by atoms with Gasteiger partial charge >= 0.3 is 0 Å². The first kappa shape index (κ1) is 20.8. The third kappa shape index (κ3) is 3.57. The maximum Gasteiger partial charge on any atom is 0.258 e. The fourth-order valence-electron chi connectivity index (χ4n) is 3.86. The van der Waals surface area contributed by atoms with Crippen LogP contribution in [0.15, 0.2) is 41.2 Å². The van der Waals surface area contributed by atoms with Crippen molar-refractivity contribution >= 4 is 17.1 Å². The van der Waals surface area contributed by atoms with Crippen LogP contribution in [0.2, 0.25) is 0 Å². The number of aryl methyl sites for hydroxylation is 1. The predicted octanol–water partition coefficient (Wildman–Crippen LogP) is 2.94. The molecule has 0 bridgehead atoms. The van der Waals surface area contributed by atoms with Gasteiger partial charge in [0.15, 0.2) is 12.4 Å². The number of rotatable bonds is 4. The van der Waals surface area contributed by atoms with Crippen LogP contribution in [0.5, 0.6) is 5.75 Å². The highest BCUT2D eigenvalue weighted by atomic mass is 16.5. The lowest BCUT2D eigenvalue weighted by molar-refractivity contribution is -0.117. The van der Waals surface area contributed by atoms with Crippen molar-refractivity contribution in [2.75, 3.05) is 20.8 Å². The maximum absolute atomic E-state index is 12.9. The minimum Gasteiger partial charge on any atom is -0.493 e. The van der Waals surface area contributed by atoms with E-state index in [1.54, 1.807) is 7.05 Å². The minimum absolute atomic E-state index is 0.142. The minimum atomic E-state index is -0.827. The molecule has 1 N–H and O–H groups in total. The number of hydrogen-bond acceptors (Lipinski definition) is 5. The highest BCUT2D eigenvalue weighted by Gasteiger charge is 2.24. The van der Waals surface area contributed by atoms with Crippen LogP contribution in [-0.4, -0.2) is 36.8 Å². The number of fused-ring (bicyclic) bond motifs is 2. The van der Waals surface area contributed by atoms with Crippen molar-refractivity contribution < 1.29 is 19.4 Å². The summed E-state index contributed by atoms with van der Waals surface area (Å²) in [7, 11) is 4.16. The molecule has 152 valence electrons. The molecule has 1 unspecified atom stereocenters. The molecule has 1 aliphatic rings. The highest BCUT2D eigenvalue weighted by Crippen LogP contribution is 2.37. The Bertz CT molecular complexity index is 1120. The van der Waals surface area contributed by atoms with E-state index < -0.39 is 6.10 Å². The van der Waals surface area contributed by atoms with Crippen LogP contribution in [0.25, 0.3) is 21.9 Å². The summed E-state index contributed by atoms with van der Waals surface area (Å²) in [6, 6.07) is 11.8. The molecule has 1 atom stereocenters. The van der Waals surface area contributed by atoms with Crippen LogP contribution in [0.4, 0.5) is 0 Å². The second-order valence-electron chi connectivity index (χ2n) is 6.89. The molecule has 0 saturated carbocycles. The second-order valence-corrected chi connectivity index (χ2v) is 6.89. The Kier molecular flexibility index (Phi) is 6.15. The van der Waals surface area contributed by atoms with Gasteiger partial charge in [0.2, 0.25) is 0 Å². The normalized spacial score (nSPS) is 13.3. The average molecular weight is 395 g/mol. The van der Waals surface area contributed by atoms with E-state index in [1.807, 2.05) is 37.3 Å². The largest absolute Gasteiger partial charge is 0.493 e. The lowest BCUT2D eigenvalue weighted by atomic mass is 9.92. The number of aliphatic hydroxyl groups excluding tert-OH is 1. The zero-order valence-corrected chi connectivity index (χ0v) is 17.1. The third-order valence-corrected chi connectivity index (χ3v) is 5.22. The van der Waals surface area contributed by atoms with Gasteiger partial charge in [-0.25, -0.2) is 0 Å². The van der Waals surface area contributed by atoms with E-state index in [2.05, 4.69) is 6.07 Å². The SMILES string of the molecule is CO.COC(C=O)c1c(-c2ccc3c(c2)CCO3)c2cc(C)ccc2c(=O)n1C. The summed E-state index contributed by atoms with van der Waals surface area (Å²) >= 11 is 0. The Morgan fingerprint density at radius 2 is 1.93 bits per heavy atom. The van der Waals surface area contributed by atoms with E-state index in [4.69, 9.17) is 14.6 Å². The number of nitrogens with zero attached hydrogens (tertiary/aromatic N) is 1. The molecular formula is C23H25NO5. The molecule has 0 fully saturated rings. The van der Waals surface area contributed by atoms with Gasteiger partial charge in [0.25, 0.3) is 5.56 Å². The van der Waals surface area contributed by atoms with Gasteiger partial charge in [0.1, 0.15) is 5.75 Å². The number of aliphatic hydroxyl groups is 1. The van der Waals surface area contributed by atoms with Crippen molar-refractivity contribution in [1.82, 2.24) is 4.57 Å². The lowest BCUT2D eigenvalue weighted by Crippen LogP contribution is -2.25. The van der Waals surface area contributed by atoms with Gasteiger partial charge in [-0.2, -0.15) is 0 Å². The summed E-state index contributed by atoms with van der Waals surface area (Å²) in [6.45, 7) is 2.66. The average Bonchev–Trinajstić information content (AvgIpc) is 3.21. The molecule has 6 heteroatoms. The van der Waals surface area contributed by atoms with E-state index in [9.17, 15) is 9.59 Å². The molecule has 6 nitrogen and oxygen atoms in total. The smallest absolute Gasteiger partial charge is 0.258 e. The number of aldehydes is 1. The molecular weight excluding hydrogens is 370 g/mol. The van der Waals surface area contributed by atoms with Crippen molar-refractivity contribution in [3.8, 4) is 16.9 Å². The number of carbonyl (C=O) groups is 1. The fraction of sp³-hybridized carbons (Fsp3) is 0.304. The Balaban J connectivity index is 0.00000117. The molecule has 2 aromatic carbocycles. The summed E-state index contributed by atoms with van der Waals surface area (Å²) in [4.78, 5) is 24.7. The number of carbonyl (C=O) groups excluding carboxylic acids is 1. The van der Waals surface area contributed by atoms with Crippen LogP contribution in [0, 0.1) is 6.92 Å². The zero-order chi connectivity index (χ0) is 21.1. The zero-order valence-electron chi connectivity index (χ0n) is 17.1. The molecule has 1 aliphatic heterocycles. The van der Waals surface area contributed by atoms with E-state index in [0.717, 1.165) is 53.2 Å². The Morgan fingerprint density at radius 1 is 1.17 bits per heavy atom. The number of aromatic nitrogens is 1. The molecule has 0 spiro atoms. The lowest BCUT2D eigenvalue weighted by Gasteiger charge is -2.21. The van der Waals surface area contributed by atoms with Crippen molar-refractivity contribution in [3.05, 3.63) is 63.6 Å². The molecule has 4 rings (SSSR count). The van der Waals surface area contributed by atoms with Gasteiger partial charge in [-0.05, 0) is 41.6 Å². The molecule has 0 aliphatic carbocycles. The molecule has 2 heterocycles. The Morgan fingerprint density at radius 3 is 2.62 bits per heavy atom. The van der Waals surface area contributed by atoms with Crippen LogP contribution >= 0.6 is 0 Å². The first-order valence-corrected chi connectivity index (χ1v) is 9.37. The van der Waals surface area contributed by atoms with E-state index in [0.29, 0.717) is 17.7 Å². The first-order valence-electron chi connectivity index (χ1n) is 9.37. The topological polar surface area (TPSA) is 77.8 Å². The standard InChI is InChI=1S/C22H21NO4.CH4O/c1-13-4-6-16-17(10-13)20(15-5-7-18-14(11-15)8-9-27-18)21(19(12-24)26-3)23(2)22(16)25;1-2/h4-7,10-12,19H,8-9H2,1-3H3;2H,1H3. The highest BCUT2D eigenvalue weighted by molar-refractivity contribution is 5.98. The van der Waals surface area contributed by atoms with Crippen LogP contribution in [0.1, 0.15) is 22.9 Å². The molecule has 1 aromatic heterocycles. The molecule has 0 saturated heterocycles. The van der Waals surface area contributed by atoms with Gasteiger partial charge in [0, 0.05) is 38.6 Å². The summed E-state index contributed by atoms with van der Waals surface area (Å²) in [5.74, 6) is 0.893. The first-order chi connectivity index (χ1) is 14.0. The van der Waals surface area contributed by atoms with Crippen LogP contribution in [0.3, 0.4) is 0 Å². The third-order valence-electron chi connectivity index (χ3n) is 5.22. The number of methoxy groups -OCH3 is 1. The number of ether oxygens (including phenoxy) is 2. The Hall–Kier alpha value is -2.96. The van der Waals surface area contributed by atoms with Crippen molar-refractivity contribution in [2.24, 2.45) is 7.05 Å². The van der Waals surface area contributed by atoms with Gasteiger partial charge in [0.05, 0.1) is 12.3 Å². The molecule has 3 aromatic rings. The number of benzene rings is 2.